The van der Waals surface area contributed by atoms with Crippen molar-refractivity contribution >= 4 is 11.9 Å². The van der Waals surface area contributed by atoms with Gasteiger partial charge in [-0.05, 0) is 32.0 Å². The van der Waals surface area contributed by atoms with Crippen LogP contribution in [0.2, 0.25) is 0 Å². The molecular formula is C25H33NO8. The van der Waals surface area contributed by atoms with Crippen molar-refractivity contribution in [2.45, 2.75) is 39.5 Å². The van der Waals surface area contributed by atoms with Crippen LogP contribution < -0.4 is 23.7 Å². The van der Waals surface area contributed by atoms with Gasteiger partial charge in [-0.25, -0.2) is 0 Å². The molecule has 1 atom stereocenters. The van der Waals surface area contributed by atoms with Crippen LogP contribution in [0.25, 0.3) is 0 Å². The summed E-state index contributed by atoms with van der Waals surface area (Å²) < 4.78 is 32.9. The average Bonchev–Trinajstić information content (AvgIpc) is 2.81. The molecule has 1 unspecified atom stereocenters. The highest BCUT2D eigenvalue weighted by Gasteiger charge is 2.30. The fourth-order valence-corrected chi connectivity index (χ4v) is 3.43. The van der Waals surface area contributed by atoms with Crippen LogP contribution in [0.3, 0.4) is 0 Å². The molecule has 1 amide bonds. The number of likely N-dealkylation sites (N-methyl/N-ethyl adjacent to an activating group) is 1. The number of hydrogen-bond acceptors (Lipinski definition) is 8. The normalized spacial score (nSPS) is 11.4. The van der Waals surface area contributed by atoms with Gasteiger partial charge in [0.1, 0.15) is 0 Å². The Morgan fingerprint density at radius 1 is 0.882 bits per heavy atom. The quantitative estimate of drug-likeness (QED) is 0.454. The van der Waals surface area contributed by atoms with Crippen LogP contribution in [0.15, 0.2) is 30.3 Å². The summed E-state index contributed by atoms with van der Waals surface area (Å²) >= 11 is 0. The lowest BCUT2D eigenvalue weighted by atomic mass is 10.1. The van der Waals surface area contributed by atoms with E-state index in [2.05, 4.69) is 0 Å². The molecule has 0 radical (unpaired) electrons. The molecule has 186 valence electrons. The zero-order valence-electron chi connectivity index (χ0n) is 21.0. The number of para-hydroxylation sites is 1. The van der Waals surface area contributed by atoms with Gasteiger partial charge in [0.05, 0.1) is 34.5 Å². The first-order valence-corrected chi connectivity index (χ1v) is 10.7. The molecule has 34 heavy (non-hydrogen) atoms. The zero-order chi connectivity index (χ0) is 25.4. The zero-order valence-corrected chi connectivity index (χ0v) is 21.0. The summed E-state index contributed by atoms with van der Waals surface area (Å²) in [5, 5.41) is 0. The molecule has 0 saturated carbocycles. The lowest BCUT2D eigenvalue weighted by Gasteiger charge is -2.26. The van der Waals surface area contributed by atoms with Gasteiger partial charge < -0.3 is 33.3 Å². The van der Waals surface area contributed by atoms with E-state index in [1.54, 1.807) is 32.4 Å². The first kappa shape index (κ1) is 26.6. The van der Waals surface area contributed by atoms with Gasteiger partial charge in [0.25, 0.3) is 5.91 Å². The number of benzene rings is 2. The summed E-state index contributed by atoms with van der Waals surface area (Å²) in [6.45, 7) is 5.26. The molecule has 2 aromatic rings. The molecule has 0 aliphatic heterocycles. The summed E-state index contributed by atoms with van der Waals surface area (Å²) in [7, 11) is 7.59. The Bertz CT molecular complexity index is 979. The average molecular weight is 476 g/mol. The summed E-state index contributed by atoms with van der Waals surface area (Å²) in [4.78, 5) is 26.8. The number of carbonyl (C=O) groups excluding carboxylic acids is 2. The minimum absolute atomic E-state index is 0.0934. The second-order valence-corrected chi connectivity index (χ2v) is 7.76. The predicted octanol–water partition coefficient (Wildman–Crippen LogP) is 3.77. The highest BCUT2D eigenvalue weighted by molar-refractivity contribution is 5.85. The fourth-order valence-electron chi connectivity index (χ4n) is 3.43. The molecule has 9 nitrogen and oxygen atoms in total. The Kier molecular flexibility index (Phi) is 9.41. The second-order valence-electron chi connectivity index (χ2n) is 7.76. The fraction of sp³-hybridized carbons (Fsp3) is 0.440. The van der Waals surface area contributed by atoms with E-state index in [9.17, 15) is 9.59 Å². The summed E-state index contributed by atoms with van der Waals surface area (Å²) in [5.41, 5.74) is 1.13. The lowest BCUT2D eigenvalue weighted by molar-refractivity contribution is -0.158. The van der Waals surface area contributed by atoms with Crippen molar-refractivity contribution < 1.29 is 38.0 Å². The van der Waals surface area contributed by atoms with E-state index in [0.717, 1.165) is 5.56 Å². The van der Waals surface area contributed by atoms with Crippen LogP contribution in [0.5, 0.6) is 28.7 Å². The number of nitrogens with zero attached hydrogens (tertiary/aromatic N) is 1. The molecule has 2 aromatic carbocycles. The highest BCUT2D eigenvalue weighted by atomic mass is 16.6. The van der Waals surface area contributed by atoms with Crippen LogP contribution in [-0.4, -0.2) is 58.4 Å². The van der Waals surface area contributed by atoms with Crippen molar-refractivity contribution in [1.29, 1.82) is 0 Å². The maximum absolute atomic E-state index is 13.5. The van der Waals surface area contributed by atoms with Crippen LogP contribution in [0.4, 0.5) is 0 Å². The Hall–Kier alpha value is -3.62. The molecular weight excluding hydrogens is 442 g/mol. The van der Waals surface area contributed by atoms with Crippen LogP contribution >= 0.6 is 0 Å². The Balaban J connectivity index is 2.45. The van der Waals surface area contributed by atoms with Crippen molar-refractivity contribution in [3.8, 4) is 28.7 Å². The number of carbonyl (C=O) groups is 2. The maximum atomic E-state index is 13.5. The molecule has 0 N–H and O–H groups in total. The number of amides is 1. The van der Waals surface area contributed by atoms with Crippen molar-refractivity contribution in [1.82, 2.24) is 4.90 Å². The third-order valence-corrected chi connectivity index (χ3v) is 4.92. The predicted molar refractivity (Wildman–Crippen MR) is 126 cm³/mol. The van der Waals surface area contributed by atoms with Crippen molar-refractivity contribution in [3.63, 3.8) is 0 Å². The molecule has 0 aliphatic carbocycles. The Morgan fingerprint density at radius 3 is 1.94 bits per heavy atom. The number of esters is 1. The molecule has 0 bridgehead atoms. The summed E-state index contributed by atoms with van der Waals surface area (Å²) in [5.74, 6) is 1.11. The van der Waals surface area contributed by atoms with Gasteiger partial charge in [-0.3, -0.25) is 9.59 Å². The third-order valence-electron chi connectivity index (χ3n) is 4.92. The summed E-state index contributed by atoms with van der Waals surface area (Å²) in [6.07, 6.45) is -1.32. The topological polar surface area (TPSA) is 92.8 Å². The highest BCUT2D eigenvalue weighted by Crippen LogP contribution is 2.41. The molecule has 2 rings (SSSR count). The minimum Gasteiger partial charge on any atom is -0.493 e. The number of ether oxygens (including phenoxy) is 6. The monoisotopic (exact) mass is 475 g/mol. The van der Waals surface area contributed by atoms with Gasteiger partial charge in [-0.15, -0.1) is 0 Å². The van der Waals surface area contributed by atoms with E-state index in [0.29, 0.717) is 34.3 Å². The standard InChI is InChI=1S/C25H33NO8/c1-15(2)33-22-17(10-9-11-19(22)29-5)14-26(4)25(28)23(34-16(3)27)18-12-20(30-6)24(32-8)21(13-18)31-7/h9-13,15,23H,14H2,1-8H3. The van der Waals surface area contributed by atoms with E-state index in [1.807, 2.05) is 26.0 Å². The smallest absolute Gasteiger partial charge is 0.303 e. The van der Waals surface area contributed by atoms with Crippen molar-refractivity contribution in [2.75, 3.05) is 35.5 Å². The van der Waals surface area contributed by atoms with Crippen LogP contribution in [0, 0.1) is 0 Å². The van der Waals surface area contributed by atoms with Crippen LogP contribution in [0.1, 0.15) is 38.0 Å². The Morgan fingerprint density at radius 2 is 1.47 bits per heavy atom. The number of methoxy groups -OCH3 is 4. The van der Waals surface area contributed by atoms with E-state index < -0.39 is 18.0 Å². The minimum atomic E-state index is -1.23. The van der Waals surface area contributed by atoms with Crippen LogP contribution in [-0.2, 0) is 20.9 Å². The van der Waals surface area contributed by atoms with Gasteiger partial charge in [0.2, 0.25) is 11.9 Å². The molecule has 0 aromatic heterocycles. The molecule has 0 spiro atoms. The maximum Gasteiger partial charge on any atom is 0.303 e. The lowest BCUT2D eigenvalue weighted by Crippen LogP contribution is -2.33. The van der Waals surface area contributed by atoms with E-state index in [1.165, 1.54) is 33.2 Å². The summed E-state index contributed by atoms with van der Waals surface area (Å²) in [6, 6.07) is 8.63. The SMILES string of the molecule is COc1cccc(CN(C)C(=O)C(OC(C)=O)c2cc(OC)c(OC)c(OC)c2)c1OC(C)C. The molecule has 0 saturated heterocycles. The van der Waals surface area contributed by atoms with Gasteiger partial charge in [0, 0.05) is 31.6 Å². The molecule has 0 aliphatic rings. The molecule has 9 heteroatoms. The van der Waals surface area contributed by atoms with Crippen molar-refractivity contribution in [3.05, 3.63) is 41.5 Å². The van der Waals surface area contributed by atoms with Gasteiger partial charge in [0.15, 0.2) is 23.0 Å². The van der Waals surface area contributed by atoms with E-state index in [4.69, 9.17) is 28.4 Å². The largest absolute Gasteiger partial charge is 0.493 e. The number of hydrogen-bond donors (Lipinski definition) is 0. The second kappa shape index (κ2) is 12.0. The van der Waals surface area contributed by atoms with Gasteiger partial charge in [-0.1, -0.05) is 12.1 Å². The third kappa shape index (κ3) is 6.24. The van der Waals surface area contributed by atoms with E-state index in [-0.39, 0.29) is 12.6 Å². The van der Waals surface area contributed by atoms with E-state index >= 15 is 0 Å². The first-order valence-electron chi connectivity index (χ1n) is 10.7. The van der Waals surface area contributed by atoms with Gasteiger partial charge in [-0.2, -0.15) is 0 Å². The van der Waals surface area contributed by atoms with Crippen molar-refractivity contribution in [2.24, 2.45) is 0 Å². The molecule has 0 fully saturated rings. The Labute approximate surface area is 200 Å². The molecule has 0 heterocycles. The first-order chi connectivity index (χ1) is 16.2. The van der Waals surface area contributed by atoms with Gasteiger partial charge >= 0.3 is 5.97 Å². The number of rotatable bonds is 11.